The van der Waals surface area contributed by atoms with E-state index in [2.05, 4.69) is 5.32 Å². The number of benzene rings is 1. The lowest BCUT2D eigenvalue weighted by Gasteiger charge is -2.15. The van der Waals surface area contributed by atoms with E-state index in [-0.39, 0.29) is 28.5 Å². The van der Waals surface area contributed by atoms with Crippen molar-refractivity contribution in [3.63, 3.8) is 0 Å². The molecular formula is C14H19NO5S2. The fraction of sp³-hybridized carbons (Fsp3) is 0.500. The van der Waals surface area contributed by atoms with Gasteiger partial charge in [-0.3, -0.25) is 4.79 Å². The van der Waals surface area contributed by atoms with Crippen molar-refractivity contribution in [2.75, 3.05) is 16.8 Å². The maximum Gasteiger partial charge on any atom is 0.228 e. The first-order valence-electron chi connectivity index (χ1n) is 6.98. The first kappa shape index (κ1) is 17.0. The minimum absolute atomic E-state index is 0.00295. The van der Waals surface area contributed by atoms with Crippen molar-refractivity contribution in [2.24, 2.45) is 5.92 Å². The first-order valence-corrected chi connectivity index (χ1v) is 10.3. The molecule has 0 radical (unpaired) electrons. The summed E-state index contributed by atoms with van der Waals surface area (Å²) in [6.07, 6.45) is 0.271. The van der Waals surface area contributed by atoms with Gasteiger partial charge < -0.3 is 5.32 Å². The van der Waals surface area contributed by atoms with Gasteiger partial charge in [-0.25, -0.2) is 16.8 Å². The standard InChI is InChI=1S/C14H19NO5S2/c1-10(2)22(19,20)13-6-4-3-5-12(13)15-14(16)11-7-8-21(17,18)9-11/h3-6,10-11H,7-9H2,1-2H3,(H,15,16)/t11-/m1/s1. The molecule has 0 unspecified atom stereocenters. The smallest absolute Gasteiger partial charge is 0.228 e. The number of carbonyl (C=O) groups excluding carboxylic acids is 1. The molecule has 1 fully saturated rings. The molecule has 1 aliphatic rings. The Morgan fingerprint density at radius 2 is 1.91 bits per heavy atom. The highest BCUT2D eigenvalue weighted by molar-refractivity contribution is 7.92. The van der Waals surface area contributed by atoms with E-state index < -0.39 is 36.7 Å². The lowest BCUT2D eigenvalue weighted by Crippen LogP contribution is -2.25. The van der Waals surface area contributed by atoms with E-state index in [4.69, 9.17) is 0 Å². The molecule has 1 atom stereocenters. The zero-order chi connectivity index (χ0) is 16.5. The molecule has 6 nitrogen and oxygen atoms in total. The zero-order valence-corrected chi connectivity index (χ0v) is 14.1. The molecule has 1 aliphatic heterocycles. The highest BCUT2D eigenvalue weighted by Gasteiger charge is 2.33. The quantitative estimate of drug-likeness (QED) is 0.885. The SMILES string of the molecule is CC(C)S(=O)(=O)c1ccccc1NC(=O)[C@@H]1CCS(=O)(=O)C1. The number of nitrogens with one attached hydrogen (secondary N) is 1. The van der Waals surface area contributed by atoms with Gasteiger partial charge in [-0.1, -0.05) is 12.1 Å². The summed E-state index contributed by atoms with van der Waals surface area (Å²) in [7, 11) is -6.70. The van der Waals surface area contributed by atoms with Gasteiger partial charge in [0.05, 0.1) is 33.3 Å². The van der Waals surface area contributed by atoms with Crippen LogP contribution in [-0.4, -0.2) is 39.5 Å². The maximum atomic E-state index is 12.3. The van der Waals surface area contributed by atoms with Gasteiger partial charge in [0.15, 0.2) is 19.7 Å². The van der Waals surface area contributed by atoms with Crippen molar-refractivity contribution in [1.29, 1.82) is 0 Å². The van der Waals surface area contributed by atoms with Crippen LogP contribution in [0.4, 0.5) is 5.69 Å². The predicted octanol–water partition coefficient (Wildman–Crippen LogP) is 1.24. The molecule has 0 aromatic heterocycles. The molecule has 1 N–H and O–H groups in total. The third-order valence-corrected chi connectivity index (χ3v) is 7.65. The van der Waals surface area contributed by atoms with Crippen molar-refractivity contribution in [1.82, 2.24) is 0 Å². The first-order chi connectivity index (χ1) is 10.1. The highest BCUT2D eigenvalue weighted by Crippen LogP contribution is 2.26. The number of carbonyl (C=O) groups is 1. The lowest BCUT2D eigenvalue weighted by molar-refractivity contribution is -0.119. The summed E-state index contributed by atoms with van der Waals surface area (Å²) >= 11 is 0. The van der Waals surface area contributed by atoms with Gasteiger partial charge in [-0.15, -0.1) is 0 Å². The van der Waals surface area contributed by atoms with Crippen LogP contribution in [0.5, 0.6) is 0 Å². The summed E-state index contributed by atoms with van der Waals surface area (Å²) in [5.74, 6) is -1.26. The second kappa shape index (κ2) is 6.00. The van der Waals surface area contributed by atoms with Crippen LogP contribution in [0.25, 0.3) is 0 Å². The van der Waals surface area contributed by atoms with Gasteiger partial charge in [0.1, 0.15) is 0 Å². The number of hydrogen-bond acceptors (Lipinski definition) is 5. The van der Waals surface area contributed by atoms with Crippen molar-refractivity contribution >= 4 is 31.3 Å². The topological polar surface area (TPSA) is 97.4 Å². The van der Waals surface area contributed by atoms with E-state index in [1.54, 1.807) is 26.0 Å². The molecule has 8 heteroatoms. The molecule has 0 aliphatic carbocycles. The van der Waals surface area contributed by atoms with E-state index >= 15 is 0 Å². The van der Waals surface area contributed by atoms with Crippen LogP contribution in [-0.2, 0) is 24.5 Å². The third-order valence-electron chi connectivity index (χ3n) is 3.68. The summed E-state index contributed by atoms with van der Waals surface area (Å²) in [6.45, 7) is 3.13. The Balaban J connectivity index is 2.26. The van der Waals surface area contributed by atoms with Gasteiger partial charge in [0.25, 0.3) is 0 Å². The molecule has 1 heterocycles. The lowest BCUT2D eigenvalue weighted by atomic mass is 10.1. The molecule has 1 aromatic rings. The van der Waals surface area contributed by atoms with E-state index in [1.165, 1.54) is 12.1 Å². The maximum absolute atomic E-state index is 12.3. The van der Waals surface area contributed by atoms with Gasteiger partial charge in [-0.05, 0) is 32.4 Å². The molecule has 22 heavy (non-hydrogen) atoms. The fourth-order valence-electron chi connectivity index (χ4n) is 2.31. The molecule has 1 saturated heterocycles. The van der Waals surface area contributed by atoms with Crippen molar-refractivity contribution in [3.05, 3.63) is 24.3 Å². The van der Waals surface area contributed by atoms with E-state index in [0.29, 0.717) is 0 Å². The molecule has 0 saturated carbocycles. The van der Waals surface area contributed by atoms with Crippen molar-refractivity contribution < 1.29 is 21.6 Å². The number of anilines is 1. The second-order valence-electron chi connectivity index (χ2n) is 5.68. The minimum Gasteiger partial charge on any atom is -0.325 e. The summed E-state index contributed by atoms with van der Waals surface area (Å²) < 4.78 is 47.5. The zero-order valence-electron chi connectivity index (χ0n) is 12.4. The largest absolute Gasteiger partial charge is 0.325 e. The average Bonchev–Trinajstić information content (AvgIpc) is 2.79. The van der Waals surface area contributed by atoms with Crippen LogP contribution in [0.1, 0.15) is 20.3 Å². The number of amides is 1. The number of hydrogen-bond donors (Lipinski definition) is 1. The van der Waals surface area contributed by atoms with Gasteiger partial charge in [0, 0.05) is 0 Å². The Kier molecular flexibility index (Phi) is 4.62. The Morgan fingerprint density at radius 1 is 1.27 bits per heavy atom. The van der Waals surface area contributed by atoms with Crippen molar-refractivity contribution in [3.8, 4) is 0 Å². The third kappa shape index (κ3) is 3.49. The highest BCUT2D eigenvalue weighted by atomic mass is 32.2. The van der Waals surface area contributed by atoms with Crippen LogP contribution in [0, 0.1) is 5.92 Å². The number of para-hydroxylation sites is 1. The fourth-order valence-corrected chi connectivity index (χ4v) is 5.25. The van der Waals surface area contributed by atoms with E-state index in [0.717, 1.165) is 0 Å². The van der Waals surface area contributed by atoms with E-state index in [1.807, 2.05) is 0 Å². The minimum atomic E-state index is -3.53. The molecule has 1 amide bonds. The molecule has 122 valence electrons. The summed E-state index contributed by atoms with van der Waals surface area (Å²) in [5.41, 5.74) is 0.200. The van der Waals surface area contributed by atoms with E-state index in [9.17, 15) is 21.6 Å². The number of sulfone groups is 2. The van der Waals surface area contributed by atoms with Crippen LogP contribution < -0.4 is 5.32 Å². The Labute approximate surface area is 130 Å². The summed E-state index contributed by atoms with van der Waals surface area (Å²) in [6, 6.07) is 6.16. The van der Waals surface area contributed by atoms with Crippen molar-refractivity contribution in [2.45, 2.75) is 30.4 Å². The predicted molar refractivity (Wildman–Crippen MR) is 84.2 cm³/mol. The van der Waals surface area contributed by atoms with Crippen LogP contribution in [0.15, 0.2) is 29.2 Å². The molecule has 0 bridgehead atoms. The summed E-state index contributed by atoms with van der Waals surface area (Å²) in [4.78, 5) is 12.2. The Morgan fingerprint density at radius 3 is 2.45 bits per heavy atom. The monoisotopic (exact) mass is 345 g/mol. The van der Waals surface area contributed by atoms with Gasteiger partial charge in [0.2, 0.25) is 5.91 Å². The Hall–Kier alpha value is -1.41. The second-order valence-corrected chi connectivity index (χ2v) is 10.4. The van der Waals surface area contributed by atoms with Crippen LogP contribution >= 0.6 is 0 Å². The summed E-state index contributed by atoms with van der Waals surface area (Å²) in [5, 5.41) is 1.96. The molecule has 0 spiro atoms. The van der Waals surface area contributed by atoms with Gasteiger partial charge >= 0.3 is 0 Å². The number of rotatable bonds is 4. The molecular weight excluding hydrogens is 326 g/mol. The molecule has 2 rings (SSSR count). The Bertz CT molecular complexity index is 781. The molecule has 1 aromatic carbocycles. The van der Waals surface area contributed by atoms with Crippen LogP contribution in [0.3, 0.4) is 0 Å². The normalized spacial score (nSPS) is 21.0. The van der Waals surface area contributed by atoms with Crippen LogP contribution in [0.2, 0.25) is 0 Å². The van der Waals surface area contributed by atoms with Gasteiger partial charge in [-0.2, -0.15) is 0 Å². The average molecular weight is 345 g/mol.